The molecular weight excluding hydrogens is 268 g/mol. The monoisotopic (exact) mass is 282 g/mol. The second-order valence-corrected chi connectivity index (χ2v) is 3.78. The number of nitrogens with one attached hydrogen (secondary N) is 1. The molecule has 0 aliphatic carbocycles. The Morgan fingerprint density at radius 2 is 2.10 bits per heavy atom. The number of nitrogens with zero attached hydrogens (tertiary/aromatic N) is 1. The van der Waals surface area contributed by atoms with E-state index in [9.17, 15) is 24.8 Å². The molecule has 108 valence electrons. The molecular formula is C12H14N2O6. The van der Waals surface area contributed by atoms with E-state index in [0.29, 0.717) is 0 Å². The van der Waals surface area contributed by atoms with Crippen LogP contribution in [0.1, 0.15) is 19.8 Å². The fourth-order valence-corrected chi connectivity index (χ4v) is 1.46. The van der Waals surface area contributed by atoms with Crippen LogP contribution in [0.5, 0.6) is 5.75 Å². The number of phenolic OH excluding ortho intramolecular Hbond substituents is 1. The molecule has 1 aromatic carbocycles. The number of carbonyl (C=O) groups is 2. The molecule has 0 spiro atoms. The van der Waals surface area contributed by atoms with Crippen molar-refractivity contribution in [2.24, 2.45) is 0 Å². The minimum Gasteiger partial charge on any atom is -0.505 e. The number of hydrogen-bond donors (Lipinski definition) is 2. The number of hydrogen-bond acceptors (Lipinski definition) is 6. The van der Waals surface area contributed by atoms with Crippen LogP contribution < -0.4 is 5.32 Å². The lowest BCUT2D eigenvalue weighted by Crippen LogP contribution is -2.15. The molecule has 20 heavy (non-hydrogen) atoms. The largest absolute Gasteiger partial charge is 0.505 e. The third-order valence-corrected chi connectivity index (χ3v) is 2.34. The molecule has 0 radical (unpaired) electrons. The summed E-state index contributed by atoms with van der Waals surface area (Å²) in [4.78, 5) is 32.7. The molecule has 0 atom stereocenters. The Morgan fingerprint density at radius 1 is 1.40 bits per heavy atom. The summed E-state index contributed by atoms with van der Waals surface area (Å²) in [7, 11) is 0. The van der Waals surface area contributed by atoms with Crippen LogP contribution in [0.3, 0.4) is 0 Å². The van der Waals surface area contributed by atoms with Crippen molar-refractivity contribution >= 4 is 23.3 Å². The highest BCUT2D eigenvalue weighted by Gasteiger charge is 2.19. The highest BCUT2D eigenvalue weighted by Crippen LogP contribution is 2.33. The predicted octanol–water partition coefficient (Wildman–Crippen LogP) is 1.58. The maximum Gasteiger partial charge on any atom is 0.306 e. The first-order valence-electron chi connectivity index (χ1n) is 5.87. The molecule has 0 saturated heterocycles. The van der Waals surface area contributed by atoms with Gasteiger partial charge in [-0.25, -0.2) is 0 Å². The van der Waals surface area contributed by atoms with Crippen LogP contribution in [0, 0.1) is 10.1 Å². The molecule has 1 rings (SSSR count). The first kappa shape index (κ1) is 15.4. The number of ether oxygens (including phenoxy) is 1. The van der Waals surface area contributed by atoms with Crippen molar-refractivity contribution < 1.29 is 24.4 Å². The van der Waals surface area contributed by atoms with Crippen LogP contribution >= 0.6 is 0 Å². The Bertz CT molecular complexity index is 529. The highest BCUT2D eigenvalue weighted by atomic mass is 16.6. The second kappa shape index (κ2) is 7.07. The van der Waals surface area contributed by atoms with Gasteiger partial charge >= 0.3 is 5.97 Å². The maximum absolute atomic E-state index is 11.6. The average molecular weight is 282 g/mol. The zero-order valence-corrected chi connectivity index (χ0v) is 10.8. The summed E-state index contributed by atoms with van der Waals surface area (Å²) in [5.41, 5.74) is -0.708. The van der Waals surface area contributed by atoms with E-state index in [0.717, 1.165) is 6.07 Å². The smallest absolute Gasteiger partial charge is 0.306 e. The molecule has 0 aromatic heterocycles. The number of para-hydroxylation sites is 1. The first-order chi connectivity index (χ1) is 9.45. The SMILES string of the molecule is CCOC(=O)CCC(=O)Nc1c(O)cccc1[N+](=O)[O-]. The fourth-order valence-electron chi connectivity index (χ4n) is 1.46. The van der Waals surface area contributed by atoms with E-state index >= 15 is 0 Å². The van der Waals surface area contributed by atoms with Crippen molar-refractivity contribution in [1.82, 2.24) is 0 Å². The molecule has 2 N–H and O–H groups in total. The van der Waals surface area contributed by atoms with Crippen LogP contribution in [-0.4, -0.2) is 28.5 Å². The number of aromatic hydroxyl groups is 1. The van der Waals surface area contributed by atoms with Crippen LogP contribution in [0.15, 0.2) is 18.2 Å². The predicted molar refractivity (Wildman–Crippen MR) is 69.3 cm³/mol. The molecule has 0 bridgehead atoms. The minimum absolute atomic E-state index is 0.138. The lowest BCUT2D eigenvalue weighted by Gasteiger charge is -2.07. The van der Waals surface area contributed by atoms with Gasteiger partial charge in [0.05, 0.1) is 18.0 Å². The topological polar surface area (TPSA) is 119 Å². The number of amides is 1. The molecule has 0 saturated carbocycles. The van der Waals surface area contributed by atoms with Gasteiger partial charge in [-0.1, -0.05) is 6.07 Å². The fraction of sp³-hybridized carbons (Fsp3) is 0.333. The summed E-state index contributed by atoms with van der Waals surface area (Å²) in [6.45, 7) is 1.86. The van der Waals surface area contributed by atoms with E-state index in [1.54, 1.807) is 6.92 Å². The van der Waals surface area contributed by atoms with Crippen molar-refractivity contribution in [2.45, 2.75) is 19.8 Å². The van der Waals surface area contributed by atoms with Gasteiger partial charge in [0.2, 0.25) is 5.91 Å². The quantitative estimate of drug-likeness (QED) is 0.354. The number of nitro benzene ring substituents is 1. The van der Waals surface area contributed by atoms with Gasteiger partial charge in [-0.2, -0.15) is 0 Å². The van der Waals surface area contributed by atoms with Gasteiger partial charge < -0.3 is 15.2 Å². The number of carbonyl (C=O) groups excluding carboxylic acids is 2. The minimum atomic E-state index is -0.722. The summed E-state index contributed by atoms with van der Waals surface area (Å²) in [5.74, 6) is -1.57. The number of benzene rings is 1. The molecule has 8 nitrogen and oxygen atoms in total. The van der Waals surface area contributed by atoms with Gasteiger partial charge in [-0.3, -0.25) is 19.7 Å². The highest BCUT2D eigenvalue weighted by molar-refractivity contribution is 5.96. The number of anilines is 1. The molecule has 0 fully saturated rings. The van der Waals surface area contributed by atoms with Gasteiger partial charge in [-0.05, 0) is 13.0 Å². The Balaban J connectivity index is 2.71. The van der Waals surface area contributed by atoms with Gasteiger partial charge in [0, 0.05) is 12.5 Å². The van der Waals surface area contributed by atoms with Gasteiger partial charge in [0.25, 0.3) is 5.69 Å². The van der Waals surface area contributed by atoms with Crippen LogP contribution in [0.4, 0.5) is 11.4 Å². The van der Waals surface area contributed by atoms with Gasteiger partial charge in [-0.15, -0.1) is 0 Å². The summed E-state index contributed by atoms with van der Waals surface area (Å²) in [6, 6.07) is 3.66. The van der Waals surface area contributed by atoms with Crippen LogP contribution in [-0.2, 0) is 14.3 Å². The third-order valence-electron chi connectivity index (χ3n) is 2.34. The van der Waals surface area contributed by atoms with E-state index < -0.39 is 28.2 Å². The van der Waals surface area contributed by atoms with Crippen molar-refractivity contribution in [3.8, 4) is 5.75 Å². The maximum atomic E-state index is 11.6. The molecule has 1 amide bonds. The number of rotatable bonds is 6. The van der Waals surface area contributed by atoms with Gasteiger partial charge in [0.1, 0.15) is 5.75 Å². The normalized spacial score (nSPS) is 9.85. The number of nitro groups is 1. The van der Waals surface area contributed by atoms with Crippen molar-refractivity contribution in [1.29, 1.82) is 0 Å². The summed E-state index contributed by atoms with van der Waals surface area (Å²) < 4.78 is 4.65. The van der Waals surface area contributed by atoms with E-state index in [1.807, 2.05) is 0 Å². The van der Waals surface area contributed by atoms with E-state index in [2.05, 4.69) is 10.1 Å². The molecule has 0 aliphatic heterocycles. The number of phenols is 1. The molecule has 8 heteroatoms. The third kappa shape index (κ3) is 4.23. The zero-order chi connectivity index (χ0) is 15.1. The average Bonchev–Trinajstić information content (AvgIpc) is 2.39. The summed E-state index contributed by atoms with van der Waals surface area (Å²) in [5, 5.41) is 22.5. The first-order valence-corrected chi connectivity index (χ1v) is 5.87. The Labute approximate surface area is 114 Å². The lowest BCUT2D eigenvalue weighted by atomic mass is 10.2. The standard InChI is InChI=1S/C12H14N2O6/c1-2-20-11(17)7-6-10(16)13-12-8(14(18)19)4-3-5-9(12)15/h3-5,15H,2,6-7H2,1H3,(H,13,16). The molecule has 0 heterocycles. The van der Waals surface area contributed by atoms with E-state index in [4.69, 9.17) is 0 Å². The van der Waals surface area contributed by atoms with Crippen molar-refractivity contribution in [3.05, 3.63) is 28.3 Å². The zero-order valence-electron chi connectivity index (χ0n) is 10.8. The number of esters is 1. The Hall–Kier alpha value is -2.64. The Morgan fingerprint density at radius 3 is 2.70 bits per heavy atom. The van der Waals surface area contributed by atoms with Gasteiger partial charge in [0.15, 0.2) is 5.69 Å². The molecule has 0 unspecified atom stereocenters. The van der Waals surface area contributed by atoms with Crippen LogP contribution in [0.25, 0.3) is 0 Å². The van der Waals surface area contributed by atoms with E-state index in [1.165, 1.54) is 12.1 Å². The molecule has 1 aromatic rings. The van der Waals surface area contributed by atoms with Crippen molar-refractivity contribution in [2.75, 3.05) is 11.9 Å². The lowest BCUT2D eigenvalue weighted by molar-refractivity contribution is -0.384. The van der Waals surface area contributed by atoms with Crippen LogP contribution in [0.2, 0.25) is 0 Å². The van der Waals surface area contributed by atoms with E-state index in [-0.39, 0.29) is 25.1 Å². The summed E-state index contributed by atoms with van der Waals surface area (Å²) in [6.07, 6.45) is -0.328. The van der Waals surface area contributed by atoms with Crippen molar-refractivity contribution in [3.63, 3.8) is 0 Å². The molecule has 0 aliphatic rings. The summed E-state index contributed by atoms with van der Waals surface area (Å²) >= 11 is 0. The Kier molecular flexibility index (Phi) is 5.45. The second-order valence-electron chi connectivity index (χ2n) is 3.78.